The summed E-state index contributed by atoms with van der Waals surface area (Å²) in [6, 6.07) is 5.16. The molecule has 0 bridgehead atoms. The van der Waals surface area contributed by atoms with Crippen LogP contribution in [0.1, 0.15) is 30.6 Å². The third-order valence-corrected chi connectivity index (χ3v) is 4.45. The molecule has 1 aromatic rings. The Morgan fingerprint density at radius 2 is 2.15 bits per heavy atom. The zero-order valence-corrected chi connectivity index (χ0v) is 13.0. The van der Waals surface area contributed by atoms with E-state index in [2.05, 4.69) is 10.6 Å². The number of anilines is 2. The number of nitrogens with one attached hydrogen (secondary N) is 2. The molecule has 0 aliphatic heterocycles. The fourth-order valence-corrected chi connectivity index (χ4v) is 2.14. The molecule has 112 valence electrons. The summed E-state index contributed by atoms with van der Waals surface area (Å²) in [5, 5.41) is 6.08. The molecule has 0 fully saturated rings. The Labute approximate surface area is 122 Å². The predicted octanol–water partition coefficient (Wildman–Crippen LogP) is 1.59. The van der Waals surface area contributed by atoms with E-state index in [0.29, 0.717) is 24.3 Å². The molecule has 0 heterocycles. The Bertz CT molecular complexity index is 491. The van der Waals surface area contributed by atoms with Gasteiger partial charge in [0.1, 0.15) is 0 Å². The van der Waals surface area contributed by atoms with Crippen molar-refractivity contribution in [1.29, 1.82) is 0 Å². The van der Waals surface area contributed by atoms with Crippen molar-refractivity contribution in [2.75, 3.05) is 30.4 Å². The molecule has 2 atom stereocenters. The Hall–Kier alpha value is -1.56. The highest BCUT2D eigenvalue weighted by molar-refractivity contribution is 7.84. The summed E-state index contributed by atoms with van der Waals surface area (Å²) in [5.41, 5.74) is 7.80. The number of hydrogen-bond acceptors (Lipinski definition) is 4. The van der Waals surface area contributed by atoms with E-state index >= 15 is 0 Å². The van der Waals surface area contributed by atoms with Crippen LogP contribution in [0, 0.1) is 0 Å². The largest absolute Gasteiger partial charge is 0.397 e. The van der Waals surface area contributed by atoms with Crippen LogP contribution in [0.3, 0.4) is 0 Å². The molecule has 6 heteroatoms. The van der Waals surface area contributed by atoms with Gasteiger partial charge >= 0.3 is 0 Å². The van der Waals surface area contributed by atoms with Gasteiger partial charge in [-0.2, -0.15) is 0 Å². The lowest BCUT2D eigenvalue weighted by Crippen LogP contribution is -2.23. The number of nitrogen functional groups attached to an aromatic ring is 1. The smallest absolute Gasteiger partial charge is 0.251 e. The summed E-state index contributed by atoms with van der Waals surface area (Å²) in [6.07, 6.45) is 2.49. The quantitative estimate of drug-likeness (QED) is 0.667. The van der Waals surface area contributed by atoms with Crippen LogP contribution in [-0.4, -0.2) is 34.7 Å². The topological polar surface area (TPSA) is 84.2 Å². The van der Waals surface area contributed by atoms with Gasteiger partial charge in [0.25, 0.3) is 5.91 Å². The predicted molar refractivity (Wildman–Crippen MR) is 85.5 cm³/mol. The minimum atomic E-state index is -0.823. The average molecular weight is 297 g/mol. The van der Waals surface area contributed by atoms with Crippen molar-refractivity contribution in [3.63, 3.8) is 0 Å². The third-order valence-electron chi connectivity index (χ3n) is 3.09. The monoisotopic (exact) mass is 297 g/mol. The van der Waals surface area contributed by atoms with Crippen LogP contribution in [-0.2, 0) is 10.8 Å². The van der Waals surface area contributed by atoms with Gasteiger partial charge in [0, 0.05) is 41.0 Å². The Morgan fingerprint density at radius 3 is 2.75 bits per heavy atom. The molecule has 0 saturated heterocycles. The van der Waals surface area contributed by atoms with Gasteiger partial charge in [0.05, 0.1) is 11.4 Å². The van der Waals surface area contributed by atoms with Crippen LogP contribution in [0.4, 0.5) is 11.4 Å². The molecule has 0 radical (unpaired) electrons. The molecule has 20 heavy (non-hydrogen) atoms. The van der Waals surface area contributed by atoms with Gasteiger partial charge in [-0.1, -0.05) is 6.92 Å². The normalized spacial score (nSPS) is 13.6. The summed E-state index contributed by atoms with van der Waals surface area (Å²) in [4.78, 5) is 11.8. The summed E-state index contributed by atoms with van der Waals surface area (Å²) in [6.45, 7) is 5.09. The Morgan fingerprint density at radius 1 is 1.45 bits per heavy atom. The number of nitrogens with two attached hydrogens (primary N) is 1. The lowest BCUT2D eigenvalue weighted by atomic mass is 10.1. The highest BCUT2D eigenvalue weighted by atomic mass is 32.2. The molecule has 0 spiro atoms. The van der Waals surface area contributed by atoms with E-state index in [1.54, 1.807) is 24.5 Å². The van der Waals surface area contributed by atoms with E-state index in [-0.39, 0.29) is 11.2 Å². The number of carbonyl (C=O) groups is 1. The van der Waals surface area contributed by atoms with E-state index in [9.17, 15) is 9.00 Å². The molecule has 0 aliphatic rings. The molecule has 1 rings (SSSR count). The number of rotatable bonds is 7. The minimum Gasteiger partial charge on any atom is -0.397 e. The highest BCUT2D eigenvalue weighted by Crippen LogP contribution is 2.20. The maximum absolute atomic E-state index is 11.8. The van der Waals surface area contributed by atoms with Gasteiger partial charge in [-0.05, 0) is 31.5 Å². The Kier molecular flexibility index (Phi) is 6.51. The first-order valence-electron chi connectivity index (χ1n) is 6.69. The van der Waals surface area contributed by atoms with Gasteiger partial charge in [-0.15, -0.1) is 0 Å². The summed E-state index contributed by atoms with van der Waals surface area (Å²) in [7, 11) is -0.823. The number of hydrogen-bond donors (Lipinski definition) is 3. The van der Waals surface area contributed by atoms with Crippen molar-refractivity contribution in [1.82, 2.24) is 5.32 Å². The van der Waals surface area contributed by atoms with Crippen molar-refractivity contribution in [3.05, 3.63) is 23.8 Å². The maximum atomic E-state index is 11.8. The van der Waals surface area contributed by atoms with Gasteiger partial charge in [-0.25, -0.2) is 0 Å². The van der Waals surface area contributed by atoms with Crippen LogP contribution in [0.15, 0.2) is 18.2 Å². The van der Waals surface area contributed by atoms with Crippen LogP contribution in [0.25, 0.3) is 0 Å². The van der Waals surface area contributed by atoms with E-state index in [4.69, 9.17) is 5.73 Å². The van der Waals surface area contributed by atoms with Gasteiger partial charge < -0.3 is 16.4 Å². The Balaban J connectivity index is 2.67. The fraction of sp³-hybridized carbons (Fsp3) is 0.500. The average Bonchev–Trinajstić information content (AvgIpc) is 2.40. The summed E-state index contributed by atoms with van der Waals surface area (Å²) in [5.74, 6) is -0.112. The van der Waals surface area contributed by atoms with E-state index in [0.717, 1.165) is 12.1 Å². The molecular formula is C14H23N3O2S. The van der Waals surface area contributed by atoms with Crippen LogP contribution >= 0.6 is 0 Å². The van der Waals surface area contributed by atoms with Gasteiger partial charge in [0.15, 0.2) is 0 Å². The molecule has 2 unspecified atom stereocenters. The number of amides is 1. The SMILES string of the molecule is CCNC(=O)c1ccc(N)c(NCCC(C)S(C)=O)c1. The van der Waals surface area contributed by atoms with Crippen molar-refractivity contribution >= 4 is 28.1 Å². The first-order valence-corrected chi connectivity index (χ1v) is 8.31. The van der Waals surface area contributed by atoms with E-state index < -0.39 is 10.8 Å². The number of carbonyl (C=O) groups excluding carboxylic acids is 1. The molecule has 0 aliphatic carbocycles. The van der Waals surface area contributed by atoms with Crippen LogP contribution in [0.5, 0.6) is 0 Å². The lowest BCUT2D eigenvalue weighted by molar-refractivity contribution is 0.0956. The molecular weight excluding hydrogens is 274 g/mol. The first kappa shape index (κ1) is 16.5. The van der Waals surface area contributed by atoms with Crippen molar-refractivity contribution in [3.8, 4) is 0 Å². The molecule has 1 amide bonds. The third kappa shape index (κ3) is 4.85. The zero-order chi connectivity index (χ0) is 15.1. The van der Waals surface area contributed by atoms with E-state index in [1.165, 1.54) is 0 Å². The van der Waals surface area contributed by atoms with Crippen LogP contribution < -0.4 is 16.4 Å². The van der Waals surface area contributed by atoms with Crippen molar-refractivity contribution in [2.45, 2.75) is 25.5 Å². The first-order chi connectivity index (χ1) is 9.45. The van der Waals surface area contributed by atoms with Gasteiger partial charge in [-0.3, -0.25) is 9.00 Å². The molecule has 1 aromatic carbocycles. The standard InChI is InChI=1S/C14H23N3O2S/c1-4-16-14(18)11-5-6-12(15)13(9-11)17-8-7-10(2)20(3)19/h5-6,9-10,17H,4,7-8,15H2,1-3H3,(H,16,18). The molecule has 4 N–H and O–H groups in total. The molecule has 5 nitrogen and oxygen atoms in total. The lowest BCUT2D eigenvalue weighted by Gasteiger charge is -2.13. The fourth-order valence-electron chi connectivity index (χ4n) is 1.69. The molecule has 0 aromatic heterocycles. The second-order valence-electron chi connectivity index (χ2n) is 4.69. The van der Waals surface area contributed by atoms with E-state index in [1.807, 2.05) is 13.8 Å². The highest BCUT2D eigenvalue weighted by Gasteiger charge is 2.09. The second kappa shape index (κ2) is 7.89. The zero-order valence-electron chi connectivity index (χ0n) is 12.2. The maximum Gasteiger partial charge on any atom is 0.251 e. The van der Waals surface area contributed by atoms with Crippen molar-refractivity contribution < 1.29 is 9.00 Å². The van der Waals surface area contributed by atoms with Crippen LogP contribution in [0.2, 0.25) is 0 Å². The number of benzene rings is 1. The molecule has 0 saturated carbocycles. The summed E-state index contributed by atoms with van der Waals surface area (Å²) >= 11 is 0. The van der Waals surface area contributed by atoms with Crippen molar-refractivity contribution in [2.24, 2.45) is 0 Å². The minimum absolute atomic E-state index is 0.112. The second-order valence-corrected chi connectivity index (χ2v) is 6.49. The summed E-state index contributed by atoms with van der Waals surface area (Å²) < 4.78 is 11.3. The van der Waals surface area contributed by atoms with Gasteiger partial charge in [0.2, 0.25) is 0 Å².